The first-order chi connectivity index (χ1) is 23.0. The molecule has 0 spiro atoms. The van der Waals surface area contributed by atoms with E-state index in [1.165, 1.54) is 25.7 Å². The third kappa shape index (κ3) is 10.0. The van der Waals surface area contributed by atoms with Gasteiger partial charge in [-0.3, -0.25) is 9.98 Å². The zero-order chi connectivity index (χ0) is 32.8. The van der Waals surface area contributed by atoms with Gasteiger partial charge in [-0.05, 0) is 96.3 Å². The topological polar surface area (TPSA) is 61.9 Å². The number of rotatable bonds is 17. The molecule has 7 nitrogen and oxygen atoms in total. The van der Waals surface area contributed by atoms with Gasteiger partial charge in [0.05, 0.1) is 5.69 Å². The Hall–Kier alpha value is -4.46. The number of nitrogens with zero attached hydrogens (tertiary/aromatic N) is 7. The van der Waals surface area contributed by atoms with Crippen LogP contribution in [0.15, 0.2) is 101 Å². The van der Waals surface area contributed by atoms with Crippen LogP contribution in [0.3, 0.4) is 0 Å². The van der Waals surface area contributed by atoms with Gasteiger partial charge in [-0.1, -0.05) is 79.6 Å². The van der Waals surface area contributed by atoms with Crippen molar-refractivity contribution in [2.24, 2.45) is 9.98 Å². The van der Waals surface area contributed by atoms with Crippen molar-refractivity contribution >= 4 is 23.5 Å². The van der Waals surface area contributed by atoms with E-state index in [0.717, 1.165) is 83.7 Å². The normalized spacial score (nSPS) is 12.0. The molecule has 0 saturated heterocycles. The Kier molecular flexibility index (Phi) is 12.6. The monoisotopic (exact) mass is 627 g/mol. The fraction of sp³-hybridized carbons (Fsp3) is 0.350. The summed E-state index contributed by atoms with van der Waals surface area (Å²) in [4.78, 5) is 24.0. The van der Waals surface area contributed by atoms with Gasteiger partial charge < -0.3 is 14.4 Å². The summed E-state index contributed by atoms with van der Waals surface area (Å²) in [6, 6.07) is 29.4. The minimum absolute atomic E-state index is 0.704. The van der Waals surface area contributed by atoms with E-state index >= 15 is 0 Å². The molecule has 0 saturated carbocycles. The molecule has 0 radical (unpaired) electrons. The Labute approximate surface area is 280 Å². The smallest absolute Gasteiger partial charge is 0.162 e. The molecule has 0 aliphatic heterocycles. The number of benzene rings is 3. The molecule has 0 aliphatic rings. The van der Waals surface area contributed by atoms with Gasteiger partial charge >= 0.3 is 0 Å². The lowest BCUT2D eigenvalue weighted by molar-refractivity contribution is 0.392. The Bertz CT molecular complexity index is 1720. The Balaban J connectivity index is 1.33. The van der Waals surface area contributed by atoms with E-state index in [-0.39, 0.29) is 0 Å². The summed E-state index contributed by atoms with van der Waals surface area (Å²) in [5.74, 6) is 0.704. The maximum absolute atomic E-state index is 5.12. The van der Waals surface area contributed by atoms with Gasteiger partial charge in [0.15, 0.2) is 5.82 Å². The highest BCUT2D eigenvalue weighted by Gasteiger charge is 2.15. The fourth-order valence-electron chi connectivity index (χ4n) is 5.56. The summed E-state index contributed by atoms with van der Waals surface area (Å²) in [7, 11) is 8.49. The van der Waals surface area contributed by atoms with Gasteiger partial charge in [-0.15, -0.1) is 0 Å². The second-order valence-corrected chi connectivity index (χ2v) is 12.7. The molecule has 0 aliphatic carbocycles. The largest absolute Gasteiger partial charge is 0.309 e. The average molecular weight is 628 g/mol. The first kappa shape index (κ1) is 33.9. The summed E-state index contributed by atoms with van der Waals surface area (Å²) in [6.45, 7) is 4.00. The minimum Gasteiger partial charge on any atom is -0.309 e. The number of aliphatic imine (C=N–C) groups is 2. The van der Waals surface area contributed by atoms with Crippen LogP contribution < -0.4 is 0 Å². The van der Waals surface area contributed by atoms with Crippen molar-refractivity contribution in [1.29, 1.82) is 0 Å². The number of fused-ring (bicyclic) bond motifs is 1. The van der Waals surface area contributed by atoms with Crippen LogP contribution in [0.5, 0.6) is 0 Å². The van der Waals surface area contributed by atoms with Crippen LogP contribution in [-0.4, -0.2) is 91.1 Å². The molecule has 3 aromatic carbocycles. The van der Waals surface area contributed by atoms with Gasteiger partial charge in [0, 0.05) is 53.9 Å². The van der Waals surface area contributed by atoms with E-state index in [4.69, 9.17) is 9.97 Å². The van der Waals surface area contributed by atoms with E-state index in [9.17, 15) is 0 Å². The first-order valence-corrected chi connectivity index (χ1v) is 16.9. The van der Waals surface area contributed by atoms with Gasteiger partial charge in [0.1, 0.15) is 5.65 Å². The minimum atomic E-state index is 0.704. The molecule has 7 heteroatoms. The Morgan fingerprint density at radius 2 is 1.17 bits per heavy atom. The molecule has 5 rings (SSSR count). The maximum atomic E-state index is 5.12. The highest BCUT2D eigenvalue weighted by molar-refractivity contribution is 5.93. The summed E-state index contributed by atoms with van der Waals surface area (Å²) < 4.78 is 2.15. The van der Waals surface area contributed by atoms with Gasteiger partial charge in [-0.25, -0.2) is 9.97 Å². The molecule has 0 bridgehead atoms. The molecular weight excluding hydrogens is 578 g/mol. The molecule has 47 heavy (non-hydrogen) atoms. The number of hydrogen-bond donors (Lipinski definition) is 0. The predicted octanol–water partition coefficient (Wildman–Crippen LogP) is 8.06. The molecule has 0 fully saturated rings. The van der Waals surface area contributed by atoms with Crippen molar-refractivity contribution in [3.8, 4) is 28.3 Å². The number of hydrogen-bond acceptors (Lipinski definition) is 6. The van der Waals surface area contributed by atoms with Gasteiger partial charge in [0.25, 0.3) is 0 Å². The molecule has 0 N–H and O–H groups in total. The van der Waals surface area contributed by atoms with Crippen LogP contribution in [0.4, 0.5) is 0 Å². The molecule has 0 unspecified atom stereocenters. The van der Waals surface area contributed by atoms with Crippen LogP contribution in [0.25, 0.3) is 39.4 Å². The lowest BCUT2D eigenvalue weighted by atomic mass is 10.1. The van der Waals surface area contributed by atoms with E-state index in [1.54, 1.807) is 0 Å². The lowest BCUT2D eigenvalue weighted by Crippen LogP contribution is -2.12. The van der Waals surface area contributed by atoms with Crippen LogP contribution in [0, 0.1) is 0 Å². The average Bonchev–Trinajstić information content (AvgIpc) is 3.52. The molecule has 2 aromatic heterocycles. The Morgan fingerprint density at radius 1 is 0.596 bits per heavy atom. The first-order valence-electron chi connectivity index (χ1n) is 16.9. The molecule has 0 amide bonds. The zero-order valence-electron chi connectivity index (χ0n) is 28.5. The zero-order valence-corrected chi connectivity index (χ0v) is 28.5. The van der Waals surface area contributed by atoms with E-state index in [2.05, 4.69) is 138 Å². The van der Waals surface area contributed by atoms with Crippen molar-refractivity contribution in [1.82, 2.24) is 24.3 Å². The second kappa shape index (κ2) is 17.5. The fourth-order valence-corrected chi connectivity index (χ4v) is 5.56. The van der Waals surface area contributed by atoms with Crippen molar-refractivity contribution < 1.29 is 0 Å². The third-order valence-corrected chi connectivity index (χ3v) is 8.20. The third-order valence-electron chi connectivity index (χ3n) is 8.20. The van der Waals surface area contributed by atoms with Crippen molar-refractivity contribution in [3.05, 3.63) is 102 Å². The number of unbranched alkanes of at least 4 members (excludes halogenated alkanes) is 4. The molecule has 2 heterocycles. The quantitative estimate of drug-likeness (QED) is 0.0773. The molecule has 5 aromatic rings. The van der Waals surface area contributed by atoms with Gasteiger partial charge in [-0.2, -0.15) is 0 Å². The van der Waals surface area contributed by atoms with Crippen molar-refractivity contribution in [2.45, 2.75) is 38.5 Å². The lowest BCUT2D eigenvalue weighted by Gasteiger charge is -2.10. The SMILES string of the molecule is CN(C)CCCCCN=Cc1ccc(-c2nc(-c3ccccc3)c3ccn(-c4ccc(C=NCCCCCN(C)C)cc4)c3n2)cc1. The summed E-state index contributed by atoms with van der Waals surface area (Å²) in [6.07, 6.45) is 13.1. The number of aromatic nitrogens is 3. The van der Waals surface area contributed by atoms with Crippen LogP contribution in [0.1, 0.15) is 49.7 Å². The Morgan fingerprint density at radius 3 is 1.74 bits per heavy atom. The van der Waals surface area contributed by atoms with Crippen LogP contribution in [0.2, 0.25) is 0 Å². The highest BCUT2D eigenvalue weighted by Crippen LogP contribution is 2.31. The van der Waals surface area contributed by atoms with E-state index in [1.807, 2.05) is 18.5 Å². The van der Waals surface area contributed by atoms with Crippen LogP contribution in [-0.2, 0) is 0 Å². The maximum Gasteiger partial charge on any atom is 0.162 e. The summed E-state index contributed by atoms with van der Waals surface area (Å²) >= 11 is 0. The predicted molar refractivity (Wildman–Crippen MR) is 199 cm³/mol. The van der Waals surface area contributed by atoms with E-state index in [0.29, 0.717) is 5.82 Å². The molecular formula is C40H49N7. The van der Waals surface area contributed by atoms with Crippen LogP contribution >= 0.6 is 0 Å². The summed E-state index contributed by atoms with van der Waals surface area (Å²) in [5, 5.41) is 1.02. The molecule has 0 atom stereocenters. The van der Waals surface area contributed by atoms with E-state index < -0.39 is 0 Å². The summed E-state index contributed by atoms with van der Waals surface area (Å²) in [5.41, 5.74) is 7.10. The molecule has 244 valence electrons. The van der Waals surface area contributed by atoms with Crippen molar-refractivity contribution in [2.75, 3.05) is 54.4 Å². The van der Waals surface area contributed by atoms with Gasteiger partial charge in [0.2, 0.25) is 0 Å². The van der Waals surface area contributed by atoms with Crippen molar-refractivity contribution in [3.63, 3.8) is 0 Å². The highest BCUT2D eigenvalue weighted by atomic mass is 15.1. The standard InChI is InChI=1S/C40H49N7/c1-45(2)27-12-6-10-25-41-30-32-16-20-35(21-17-32)39-43-38(34-14-8-5-9-15-34)37-24-29-47(40(37)44-39)36-22-18-33(19-23-36)31-42-26-11-7-13-28-46(3)4/h5,8-9,14-24,29-31H,6-7,10-13,25-28H2,1-4H3. The second-order valence-electron chi connectivity index (χ2n) is 12.7.